The Morgan fingerprint density at radius 2 is 1.76 bits per heavy atom. The van der Waals surface area contributed by atoms with Crippen molar-refractivity contribution < 1.29 is 23.5 Å². The first-order valence-electron chi connectivity index (χ1n) is 12.9. The number of hydrogen-bond acceptors (Lipinski definition) is 6. The smallest absolute Gasteiger partial charge is 0.247 e. The highest BCUT2D eigenvalue weighted by molar-refractivity contribution is 6.31. The minimum atomic E-state index is -0.364. The predicted molar refractivity (Wildman–Crippen MR) is 157 cm³/mol. The molecule has 0 radical (unpaired) electrons. The Morgan fingerprint density at radius 3 is 2.56 bits per heavy atom. The van der Waals surface area contributed by atoms with Crippen LogP contribution in [-0.4, -0.2) is 41.5 Å². The van der Waals surface area contributed by atoms with Crippen molar-refractivity contribution in [3.8, 4) is 11.5 Å². The summed E-state index contributed by atoms with van der Waals surface area (Å²) in [6.45, 7) is 3.90. The fourth-order valence-electron chi connectivity index (χ4n) is 4.44. The number of halogens is 1. The Kier molecular flexibility index (Phi) is 8.50. The van der Waals surface area contributed by atoms with Gasteiger partial charge in [0.15, 0.2) is 16.9 Å². The molecule has 0 aliphatic carbocycles. The van der Waals surface area contributed by atoms with Crippen LogP contribution < -0.4 is 14.9 Å². The third-order valence-corrected chi connectivity index (χ3v) is 6.77. The Bertz CT molecular complexity index is 1680. The van der Waals surface area contributed by atoms with Crippen molar-refractivity contribution in [3.63, 3.8) is 0 Å². The van der Waals surface area contributed by atoms with Crippen molar-refractivity contribution >= 4 is 40.5 Å². The van der Waals surface area contributed by atoms with E-state index < -0.39 is 0 Å². The highest BCUT2D eigenvalue weighted by atomic mass is 35.5. The highest BCUT2D eigenvalue weighted by Crippen LogP contribution is 2.33. The number of rotatable bonds is 10. The average molecular weight is 571 g/mol. The molecular formula is C32H27ClN2O6. The highest BCUT2D eigenvalue weighted by Gasteiger charge is 2.23. The van der Waals surface area contributed by atoms with Gasteiger partial charge in [-0.1, -0.05) is 54.1 Å². The number of fused-ring (bicyclic) bond motifs is 2. The number of ether oxygens (including phenoxy) is 2. The summed E-state index contributed by atoms with van der Waals surface area (Å²) in [5, 5.41) is 0.720. The number of benzene rings is 3. The second kappa shape index (κ2) is 12.6. The van der Waals surface area contributed by atoms with Crippen LogP contribution >= 0.6 is 11.6 Å². The van der Waals surface area contributed by atoms with Crippen molar-refractivity contribution in [1.82, 2.24) is 9.80 Å². The molecule has 0 bridgehead atoms. The Labute approximate surface area is 241 Å². The van der Waals surface area contributed by atoms with E-state index in [4.69, 9.17) is 25.5 Å². The summed E-state index contributed by atoms with van der Waals surface area (Å²) in [7, 11) is 0. The number of amides is 2. The van der Waals surface area contributed by atoms with E-state index in [1.165, 1.54) is 22.1 Å². The van der Waals surface area contributed by atoms with Crippen LogP contribution in [0.1, 0.15) is 16.7 Å². The van der Waals surface area contributed by atoms with E-state index in [1.807, 2.05) is 36.4 Å². The lowest BCUT2D eigenvalue weighted by molar-refractivity contribution is -0.138. The zero-order valence-corrected chi connectivity index (χ0v) is 22.9. The summed E-state index contributed by atoms with van der Waals surface area (Å²) < 4.78 is 16.6. The van der Waals surface area contributed by atoms with Gasteiger partial charge in [0.1, 0.15) is 12.1 Å². The zero-order chi connectivity index (χ0) is 28.8. The van der Waals surface area contributed by atoms with Gasteiger partial charge in [0, 0.05) is 24.2 Å². The third kappa shape index (κ3) is 6.67. The molecule has 0 fully saturated rings. The average Bonchev–Trinajstić information content (AvgIpc) is 3.45. The minimum absolute atomic E-state index is 0.0476. The molecule has 8 nitrogen and oxygen atoms in total. The Morgan fingerprint density at radius 1 is 0.951 bits per heavy atom. The minimum Gasteiger partial charge on any atom is -0.464 e. The van der Waals surface area contributed by atoms with Crippen molar-refractivity contribution in [2.75, 3.05) is 19.9 Å². The molecule has 1 aromatic heterocycles. The maximum absolute atomic E-state index is 13.7. The largest absolute Gasteiger partial charge is 0.464 e. The first kappa shape index (κ1) is 27.7. The lowest BCUT2D eigenvalue weighted by Crippen LogP contribution is -2.42. The summed E-state index contributed by atoms with van der Waals surface area (Å²) in [4.78, 5) is 43.0. The summed E-state index contributed by atoms with van der Waals surface area (Å²) in [5.74, 6) is 0.484. The molecule has 2 amide bonds. The zero-order valence-electron chi connectivity index (χ0n) is 22.1. The van der Waals surface area contributed by atoms with Gasteiger partial charge in [-0.3, -0.25) is 14.4 Å². The van der Waals surface area contributed by atoms with E-state index in [2.05, 4.69) is 6.58 Å². The summed E-state index contributed by atoms with van der Waals surface area (Å²) in [5.41, 5.74) is 2.01. The van der Waals surface area contributed by atoms with Gasteiger partial charge >= 0.3 is 0 Å². The van der Waals surface area contributed by atoms with Crippen molar-refractivity contribution in [3.05, 3.63) is 124 Å². The van der Waals surface area contributed by atoms with E-state index >= 15 is 0 Å². The molecule has 208 valence electrons. The number of hydrogen-bond donors (Lipinski definition) is 0. The van der Waals surface area contributed by atoms with Crippen molar-refractivity contribution in [2.24, 2.45) is 0 Å². The van der Waals surface area contributed by atoms with Gasteiger partial charge in [-0.25, -0.2) is 0 Å². The summed E-state index contributed by atoms with van der Waals surface area (Å²) >= 11 is 6.12. The van der Waals surface area contributed by atoms with Gasteiger partial charge in [-0.05, 0) is 47.5 Å². The number of carbonyl (C=O) groups excluding carboxylic acids is 2. The van der Waals surface area contributed by atoms with Crippen LogP contribution in [0.25, 0.3) is 17.0 Å². The normalized spacial score (nSPS) is 12.0. The maximum Gasteiger partial charge on any atom is 0.247 e. The van der Waals surface area contributed by atoms with Crippen LogP contribution in [-0.2, 0) is 22.7 Å². The van der Waals surface area contributed by atoms with E-state index in [0.717, 1.165) is 11.1 Å². The standard InChI is InChI=1S/C32H27ClN2O6/c1-2-14-34(30(36)13-9-22-6-4-3-5-7-22)19-31(37)35(17-23-8-11-28-29(15-23)41-21-40-28)18-24-20-39-27-12-10-25(33)16-26(27)32(24)38/h2-13,15-16,20H,1,14,17-19,21H2. The molecule has 0 atom stereocenters. The van der Waals surface area contributed by atoms with Crippen molar-refractivity contribution in [1.29, 1.82) is 0 Å². The fourth-order valence-corrected chi connectivity index (χ4v) is 4.61. The van der Waals surface area contributed by atoms with Crippen LogP contribution in [0.2, 0.25) is 5.02 Å². The van der Waals surface area contributed by atoms with Crippen LogP contribution in [0.15, 0.2) is 101 Å². The molecule has 0 unspecified atom stereocenters. The van der Waals surface area contributed by atoms with E-state index in [1.54, 1.807) is 42.5 Å². The topological polar surface area (TPSA) is 89.3 Å². The van der Waals surface area contributed by atoms with E-state index in [-0.39, 0.29) is 55.8 Å². The second-order valence-corrected chi connectivity index (χ2v) is 9.86. The monoisotopic (exact) mass is 570 g/mol. The molecule has 9 heteroatoms. The van der Waals surface area contributed by atoms with Crippen LogP contribution in [0.4, 0.5) is 0 Å². The third-order valence-electron chi connectivity index (χ3n) is 6.54. The fraction of sp³-hybridized carbons (Fsp3) is 0.156. The van der Waals surface area contributed by atoms with Crippen molar-refractivity contribution in [2.45, 2.75) is 13.1 Å². The molecule has 0 spiro atoms. The van der Waals surface area contributed by atoms with Gasteiger partial charge in [-0.15, -0.1) is 6.58 Å². The first-order chi connectivity index (χ1) is 19.9. The predicted octanol–water partition coefficient (Wildman–Crippen LogP) is 5.43. The number of nitrogens with zero attached hydrogens (tertiary/aromatic N) is 2. The SMILES string of the molecule is C=CCN(CC(=O)N(Cc1ccc2c(c1)OCO2)Cc1coc2ccc(Cl)cc2c1=O)C(=O)C=Cc1ccccc1. The first-order valence-corrected chi connectivity index (χ1v) is 13.3. The molecule has 41 heavy (non-hydrogen) atoms. The molecule has 0 saturated carbocycles. The van der Waals surface area contributed by atoms with E-state index in [9.17, 15) is 14.4 Å². The quantitative estimate of drug-likeness (QED) is 0.186. The lowest BCUT2D eigenvalue weighted by atomic mass is 10.1. The van der Waals surface area contributed by atoms with Gasteiger partial charge in [0.25, 0.3) is 0 Å². The Hall–Kier alpha value is -4.82. The molecule has 2 heterocycles. The van der Waals surface area contributed by atoms with Gasteiger partial charge in [0.05, 0.1) is 23.8 Å². The Balaban J connectivity index is 1.42. The lowest BCUT2D eigenvalue weighted by Gasteiger charge is -2.27. The number of carbonyl (C=O) groups is 2. The molecule has 3 aromatic carbocycles. The maximum atomic E-state index is 13.7. The second-order valence-electron chi connectivity index (χ2n) is 9.42. The molecule has 0 N–H and O–H groups in total. The van der Waals surface area contributed by atoms with E-state index in [0.29, 0.717) is 27.5 Å². The molecule has 0 saturated heterocycles. The van der Waals surface area contributed by atoms with Gasteiger partial charge < -0.3 is 23.7 Å². The van der Waals surface area contributed by atoms with Crippen LogP contribution in [0.5, 0.6) is 11.5 Å². The molecular weight excluding hydrogens is 544 g/mol. The molecule has 1 aliphatic rings. The van der Waals surface area contributed by atoms with Gasteiger partial charge in [-0.2, -0.15) is 0 Å². The molecule has 1 aliphatic heterocycles. The van der Waals surface area contributed by atoms with Crippen LogP contribution in [0.3, 0.4) is 0 Å². The van der Waals surface area contributed by atoms with Gasteiger partial charge in [0.2, 0.25) is 18.6 Å². The van der Waals surface area contributed by atoms with Crippen LogP contribution in [0, 0.1) is 0 Å². The molecule has 5 rings (SSSR count). The summed E-state index contributed by atoms with van der Waals surface area (Å²) in [6.07, 6.45) is 6.04. The molecule has 4 aromatic rings. The summed E-state index contributed by atoms with van der Waals surface area (Å²) in [6, 6.07) is 19.6.